The molecule has 0 radical (unpaired) electrons. The maximum absolute atomic E-state index is 13.9. The molecule has 0 aromatic heterocycles. The molecule has 1 aromatic rings. The van der Waals surface area contributed by atoms with Crippen LogP contribution in [0.5, 0.6) is 0 Å². The predicted molar refractivity (Wildman–Crippen MR) is 94.6 cm³/mol. The molecule has 0 N–H and O–H groups in total. The van der Waals surface area contributed by atoms with E-state index in [-0.39, 0.29) is 30.2 Å². The maximum Gasteiger partial charge on any atom is 0.232 e. The molecule has 8 heteroatoms. The van der Waals surface area contributed by atoms with E-state index in [4.69, 9.17) is 4.74 Å². The third-order valence-electron chi connectivity index (χ3n) is 4.95. The van der Waals surface area contributed by atoms with Gasteiger partial charge in [0.2, 0.25) is 5.91 Å². The number of anilines is 1. The van der Waals surface area contributed by atoms with Crippen molar-refractivity contribution in [1.29, 1.82) is 0 Å². The van der Waals surface area contributed by atoms with Crippen LogP contribution < -0.4 is 4.90 Å². The Balaban J connectivity index is 1.51. The first-order chi connectivity index (χ1) is 13.0. The average molecular weight is 375 g/mol. The first kappa shape index (κ1) is 17.8. The second kappa shape index (κ2) is 7.19. The zero-order chi connectivity index (χ0) is 19.0. The quantitative estimate of drug-likeness (QED) is 0.809. The van der Waals surface area contributed by atoms with Gasteiger partial charge in [-0.1, -0.05) is 0 Å². The SMILES string of the molecule is O=C1C=C(N2CCOCC2)N=C(CC(=O)N2CCc3c(F)cc(F)cc32)C1. The van der Waals surface area contributed by atoms with E-state index in [2.05, 4.69) is 4.99 Å². The zero-order valence-electron chi connectivity index (χ0n) is 14.7. The van der Waals surface area contributed by atoms with Crippen LogP contribution in [-0.4, -0.2) is 55.2 Å². The summed E-state index contributed by atoms with van der Waals surface area (Å²) in [5.74, 6) is -1.21. The molecular weight excluding hydrogens is 356 g/mol. The minimum Gasteiger partial charge on any atom is -0.378 e. The van der Waals surface area contributed by atoms with Gasteiger partial charge in [0.15, 0.2) is 5.78 Å². The fraction of sp³-hybridized carbons (Fsp3) is 0.421. The molecule has 0 unspecified atom stereocenters. The number of hydrogen-bond acceptors (Lipinski definition) is 5. The van der Waals surface area contributed by atoms with Crippen LogP contribution in [0.2, 0.25) is 0 Å². The van der Waals surface area contributed by atoms with Crippen LogP contribution in [-0.2, 0) is 20.7 Å². The van der Waals surface area contributed by atoms with E-state index in [1.54, 1.807) is 0 Å². The molecule has 1 amide bonds. The number of nitrogens with zero attached hydrogens (tertiary/aromatic N) is 3. The molecule has 0 saturated carbocycles. The highest BCUT2D eigenvalue weighted by Crippen LogP contribution is 2.32. The first-order valence-electron chi connectivity index (χ1n) is 8.93. The summed E-state index contributed by atoms with van der Waals surface area (Å²) >= 11 is 0. The molecule has 27 heavy (non-hydrogen) atoms. The lowest BCUT2D eigenvalue weighted by Gasteiger charge is -2.30. The number of hydrogen-bond donors (Lipinski definition) is 0. The van der Waals surface area contributed by atoms with Crippen molar-refractivity contribution in [3.05, 3.63) is 41.2 Å². The normalized spacial score (nSPS) is 19.7. The Morgan fingerprint density at radius 2 is 1.96 bits per heavy atom. The molecule has 0 atom stereocenters. The van der Waals surface area contributed by atoms with Gasteiger partial charge in [-0.3, -0.25) is 9.59 Å². The summed E-state index contributed by atoms with van der Waals surface area (Å²) in [6.07, 6.45) is 1.87. The van der Waals surface area contributed by atoms with Crippen molar-refractivity contribution in [2.45, 2.75) is 19.3 Å². The molecule has 1 aromatic carbocycles. The molecule has 1 saturated heterocycles. The van der Waals surface area contributed by atoms with E-state index in [0.29, 0.717) is 56.4 Å². The number of ketones is 1. The molecule has 0 bridgehead atoms. The van der Waals surface area contributed by atoms with Crippen LogP contribution in [0.15, 0.2) is 29.0 Å². The van der Waals surface area contributed by atoms with Crippen molar-refractivity contribution in [3.63, 3.8) is 0 Å². The minimum absolute atomic E-state index is 0.0506. The molecule has 6 nitrogen and oxygen atoms in total. The Morgan fingerprint density at radius 1 is 1.19 bits per heavy atom. The third-order valence-corrected chi connectivity index (χ3v) is 4.95. The van der Waals surface area contributed by atoms with Gasteiger partial charge < -0.3 is 14.5 Å². The van der Waals surface area contributed by atoms with Crippen molar-refractivity contribution >= 4 is 23.1 Å². The lowest BCUT2D eigenvalue weighted by molar-refractivity contribution is -0.117. The Labute approximate surface area is 155 Å². The number of halogens is 2. The molecule has 142 valence electrons. The number of morpholine rings is 1. The molecule has 0 spiro atoms. The van der Waals surface area contributed by atoms with Gasteiger partial charge in [0.05, 0.1) is 25.3 Å². The zero-order valence-corrected chi connectivity index (χ0v) is 14.7. The highest BCUT2D eigenvalue weighted by atomic mass is 19.1. The number of fused-ring (bicyclic) bond motifs is 1. The Kier molecular flexibility index (Phi) is 4.73. The van der Waals surface area contributed by atoms with Crippen LogP contribution >= 0.6 is 0 Å². The molecule has 4 rings (SSSR count). The number of amides is 1. The second-order valence-electron chi connectivity index (χ2n) is 6.78. The van der Waals surface area contributed by atoms with E-state index in [1.807, 2.05) is 4.90 Å². The van der Waals surface area contributed by atoms with E-state index in [9.17, 15) is 18.4 Å². The standard InChI is InChI=1S/C19H19F2N3O3/c20-12-7-16(21)15-1-2-24(17(15)8-12)19(26)10-13-9-14(25)11-18(22-13)23-3-5-27-6-4-23/h7-8,11H,1-6,9-10H2. The van der Waals surface area contributed by atoms with Crippen molar-refractivity contribution in [3.8, 4) is 0 Å². The van der Waals surface area contributed by atoms with Crippen LogP contribution in [0.4, 0.5) is 14.5 Å². The number of aliphatic imine (C=N–C) groups is 1. The fourth-order valence-corrected chi connectivity index (χ4v) is 3.64. The first-order valence-corrected chi connectivity index (χ1v) is 8.93. The van der Waals surface area contributed by atoms with Crippen molar-refractivity contribution in [1.82, 2.24) is 4.90 Å². The molecule has 1 fully saturated rings. The fourth-order valence-electron chi connectivity index (χ4n) is 3.64. The maximum atomic E-state index is 13.9. The highest BCUT2D eigenvalue weighted by molar-refractivity contribution is 6.16. The lowest BCUT2D eigenvalue weighted by atomic mass is 10.1. The highest BCUT2D eigenvalue weighted by Gasteiger charge is 2.30. The van der Waals surface area contributed by atoms with E-state index in [1.165, 1.54) is 17.0 Å². The molecular formula is C19H19F2N3O3. The van der Waals surface area contributed by atoms with E-state index >= 15 is 0 Å². The summed E-state index contributed by atoms with van der Waals surface area (Å²) in [4.78, 5) is 32.6. The van der Waals surface area contributed by atoms with Crippen LogP contribution in [0.25, 0.3) is 0 Å². The number of ether oxygens (including phenoxy) is 1. The monoisotopic (exact) mass is 375 g/mol. The van der Waals surface area contributed by atoms with Gasteiger partial charge in [-0.2, -0.15) is 0 Å². The van der Waals surface area contributed by atoms with Gasteiger partial charge in [-0.05, 0) is 12.5 Å². The van der Waals surface area contributed by atoms with Gasteiger partial charge in [0.25, 0.3) is 0 Å². The molecule has 3 heterocycles. The van der Waals surface area contributed by atoms with Gasteiger partial charge in [0.1, 0.15) is 17.5 Å². The number of carbonyl (C=O) groups excluding carboxylic acids is 2. The number of benzene rings is 1. The summed E-state index contributed by atoms with van der Waals surface area (Å²) in [6.45, 7) is 2.71. The number of rotatable bonds is 3. The topological polar surface area (TPSA) is 62.2 Å². The smallest absolute Gasteiger partial charge is 0.232 e. The van der Waals surface area contributed by atoms with Crippen molar-refractivity contribution < 1.29 is 23.1 Å². The average Bonchev–Trinajstić information content (AvgIpc) is 3.06. The van der Waals surface area contributed by atoms with E-state index in [0.717, 1.165) is 6.07 Å². The van der Waals surface area contributed by atoms with Gasteiger partial charge >= 0.3 is 0 Å². The van der Waals surface area contributed by atoms with Crippen molar-refractivity contribution in [2.75, 3.05) is 37.7 Å². The van der Waals surface area contributed by atoms with Gasteiger partial charge in [-0.15, -0.1) is 0 Å². The lowest BCUT2D eigenvalue weighted by Crippen LogP contribution is -2.37. The molecule has 3 aliphatic heterocycles. The Morgan fingerprint density at radius 3 is 2.74 bits per heavy atom. The third kappa shape index (κ3) is 3.62. The summed E-state index contributed by atoms with van der Waals surface area (Å²) in [5, 5.41) is 0. The number of carbonyl (C=O) groups is 2. The summed E-state index contributed by atoms with van der Waals surface area (Å²) < 4.78 is 32.7. The minimum atomic E-state index is -0.714. The largest absolute Gasteiger partial charge is 0.378 e. The molecule has 0 aliphatic carbocycles. The van der Waals surface area contributed by atoms with Crippen LogP contribution in [0.3, 0.4) is 0 Å². The summed E-state index contributed by atoms with van der Waals surface area (Å²) in [7, 11) is 0. The second-order valence-corrected chi connectivity index (χ2v) is 6.78. The van der Waals surface area contributed by atoms with Gasteiger partial charge in [-0.25, -0.2) is 13.8 Å². The number of allylic oxidation sites excluding steroid dienone is 1. The van der Waals surface area contributed by atoms with Crippen LogP contribution in [0.1, 0.15) is 18.4 Å². The van der Waals surface area contributed by atoms with Crippen LogP contribution in [0, 0.1) is 11.6 Å². The predicted octanol–water partition coefficient (Wildman–Crippen LogP) is 1.83. The van der Waals surface area contributed by atoms with Crippen molar-refractivity contribution in [2.24, 2.45) is 4.99 Å². The summed E-state index contributed by atoms with van der Waals surface area (Å²) in [5.41, 5.74) is 1.09. The Bertz CT molecular complexity index is 860. The summed E-state index contributed by atoms with van der Waals surface area (Å²) in [6, 6.07) is 2.01. The van der Waals surface area contributed by atoms with E-state index < -0.39 is 11.6 Å². The molecule has 3 aliphatic rings. The van der Waals surface area contributed by atoms with Gasteiger partial charge in [0, 0.05) is 49.5 Å². The Hall–Kier alpha value is -2.61.